The Hall–Kier alpha value is 0.110. The fourth-order valence-electron chi connectivity index (χ4n) is 6.69. The molecule has 0 fully saturated rings. The van der Waals surface area contributed by atoms with Crippen LogP contribution in [0.25, 0.3) is 0 Å². The molecule has 0 spiro atoms. The van der Waals surface area contributed by atoms with Crippen molar-refractivity contribution in [2.24, 2.45) is 0 Å². The summed E-state index contributed by atoms with van der Waals surface area (Å²) in [5.41, 5.74) is 2.54. The molecule has 0 unspecified atom stereocenters. The normalized spacial score (nSPS) is 11.8. The minimum Gasteiger partial charge on any atom is -0.682 e. The lowest BCUT2D eigenvalue weighted by Gasteiger charge is -2.42. The van der Waals surface area contributed by atoms with Gasteiger partial charge in [0.15, 0.2) is 5.75 Å². The molecule has 264 valence electrons. The lowest BCUT2D eigenvalue weighted by atomic mass is 9.95. The van der Waals surface area contributed by atoms with E-state index in [1.165, 1.54) is 197 Å². The van der Waals surface area contributed by atoms with Crippen LogP contribution in [0.4, 0.5) is 0 Å². The van der Waals surface area contributed by atoms with Crippen LogP contribution in [0.5, 0.6) is 5.75 Å². The van der Waals surface area contributed by atoms with Gasteiger partial charge in [-0.25, -0.2) is 0 Å². The van der Waals surface area contributed by atoms with Crippen molar-refractivity contribution in [1.29, 1.82) is 0 Å². The largest absolute Gasteiger partial charge is 0.682 e. The molecule has 0 amide bonds. The maximum Gasteiger partial charge on any atom is 0.171 e. The summed E-state index contributed by atoms with van der Waals surface area (Å²) in [6, 6.07) is 6.17. The van der Waals surface area contributed by atoms with Gasteiger partial charge in [0.05, 0.1) is 0 Å². The topological polar surface area (TPSA) is 32.3 Å². The van der Waals surface area contributed by atoms with Crippen LogP contribution >= 0.6 is 6.12 Å². The van der Waals surface area contributed by atoms with Crippen molar-refractivity contribution in [3.05, 3.63) is 29.3 Å². The van der Waals surface area contributed by atoms with E-state index in [1.54, 1.807) is 0 Å². The minimum atomic E-state index is -3.41. The highest BCUT2D eigenvalue weighted by Crippen LogP contribution is 2.47. The Bertz CT molecular complexity index is 767. The second kappa shape index (κ2) is 31.4. The fraction of sp³-hybridized carbons (Fsp3) is 0.850. The third-order valence-corrected chi connectivity index (χ3v) is 10.4. The first-order valence-electron chi connectivity index (χ1n) is 19.8. The summed E-state index contributed by atoms with van der Waals surface area (Å²) < 4.78 is 5.66. The van der Waals surface area contributed by atoms with Crippen LogP contribution in [-0.2, 0) is 37.3 Å². The Labute approximate surface area is 293 Å². The molecule has 0 aromatic heterocycles. The van der Waals surface area contributed by atoms with Gasteiger partial charge in [0.2, 0.25) is 0 Å². The second-order valence-electron chi connectivity index (χ2n) is 13.8. The zero-order valence-electron chi connectivity index (χ0n) is 29.9. The van der Waals surface area contributed by atoms with Crippen LogP contribution < -0.4 is 9.42 Å². The van der Waals surface area contributed by atoms with Crippen molar-refractivity contribution < 1.29 is 9.42 Å². The number of unbranched alkanes of at least 4 members (excludes halogenated alkanes) is 28. The first kappa shape index (κ1) is 43.1. The monoisotopic (exact) mass is 680 g/mol. The predicted octanol–water partition coefficient (Wildman–Crippen LogP) is 14.0. The summed E-state index contributed by atoms with van der Waals surface area (Å²) in [6.45, 7) is 4.58. The van der Waals surface area contributed by atoms with E-state index in [1.807, 2.05) is 12.1 Å². The SMILES string of the molecule is CCCCCCCCCCCCCCCCCc1cccc(O[P+]([O-])([S-])[S-])c1CCCCCCCCCCCCCCCCC. The maximum absolute atomic E-state index is 12.2. The van der Waals surface area contributed by atoms with Crippen LogP contribution in [0.15, 0.2) is 18.2 Å². The molecule has 0 heterocycles. The number of hydrogen-bond acceptors (Lipinski definition) is 4. The van der Waals surface area contributed by atoms with Gasteiger partial charge in [-0.2, -0.15) is 0 Å². The Morgan fingerprint density at radius 2 is 0.778 bits per heavy atom. The first-order valence-corrected chi connectivity index (χ1v) is 23.5. The molecule has 2 nitrogen and oxygen atoms in total. The molecule has 45 heavy (non-hydrogen) atoms. The number of hydrogen-bond donors (Lipinski definition) is 0. The minimum absolute atomic E-state index is 0.673. The van der Waals surface area contributed by atoms with Crippen molar-refractivity contribution in [1.82, 2.24) is 0 Å². The van der Waals surface area contributed by atoms with Gasteiger partial charge in [-0.1, -0.05) is 206 Å². The molecule has 0 atom stereocenters. The summed E-state index contributed by atoms with van der Waals surface area (Å²) in [6.07, 6.45) is 39.9. The second-order valence-corrected chi connectivity index (χ2v) is 18.5. The van der Waals surface area contributed by atoms with Crippen LogP contribution in [0.2, 0.25) is 0 Å². The van der Waals surface area contributed by atoms with E-state index >= 15 is 0 Å². The van der Waals surface area contributed by atoms with Gasteiger partial charge in [0.1, 0.15) is 0 Å². The zero-order valence-corrected chi connectivity index (χ0v) is 32.5. The number of rotatable bonds is 34. The van der Waals surface area contributed by atoms with Gasteiger partial charge in [0, 0.05) is 5.56 Å². The molecule has 1 aromatic carbocycles. The van der Waals surface area contributed by atoms with Crippen molar-refractivity contribution >= 4 is 30.6 Å². The van der Waals surface area contributed by atoms with Gasteiger partial charge in [0.25, 0.3) is 0 Å². The molecular formula is C40H73O2PS2-2. The molecular weight excluding hydrogens is 608 g/mol. The highest BCUT2D eigenvalue weighted by Gasteiger charge is 2.12. The molecule has 5 heteroatoms. The molecule has 1 aromatic rings. The van der Waals surface area contributed by atoms with E-state index in [2.05, 4.69) is 19.9 Å². The smallest absolute Gasteiger partial charge is 0.171 e. The lowest BCUT2D eigenvalue weighted by molar-refractivity contribution is -0.169. The maximum atomic E-state index is 12.2. The number of aryl methyl sites for hydroxylation is 1. The third-order valence-electron chi connectivity index (χ3n) is 9.52. The summed E-state index contributed by atoms with van der Waals surface area (Å²) in [4.78, 5) is 12.2. The zero-order chi connectivity index (χ0) is 32.7. The highest BCUT2D eigenvalue weighted by molar-refractivity contribution is 8.69. The van der Waals surface area contributed by atoms with Crippen LogP contribution in [0.1, 0.15) is 218 Å². The van der Waals surface area contributed by atoms with Crippen LogP contribution in [0.3, 0.4) is 0 Å². The Balaban J connectivity index is 2.20. The number of benzene rings is 1. The molecule has 0 radical (unpaired) electrons. The quantitative estimate of drug-likeness (QED) is 0.0412. The van der Waals surface area contributed by atoms with E-state index < -0.39 is 6.12 Å². The van der Waals surface area contributed by atoms with E-state index in [4.69, 9.17) is 29.0 Å². The Morgan fingerprint density at radius 3 is 1.11 bits per heavy atom. The standard InChI is InChI=1S/C40H75O2PS2/c1-3-5-7-9-11-13-15-17-19-21-23-25-27-29-31-34-38-35-33-37-40(42-43(41,44)45)39(38)36-32-30-28-26-24-22-20-18-16-14-12-10-8-6-4-2/h33,35,37H,3-32,34,36H2,1-2H3,(H2,41,44,45)/p-2. The van der Waals surface area contributed by atoms with Crippen molar-refractivity contribution in [3.8, 4) is 5.75 Å². The average molecular weight is 681 g/mol. The summed E-state index contributed by atoms with van der Waals surface area (Å²) in [5, 5.41) is 0. The molecule has 0 saturated heterocycles. The van der Waals surface area contributed by atoms with Crippen LogP contribution in [-0.4, -0.2) is 0 Å². The van der Waals surface area contributed by atoms with Crippen molar-refractivity contribution in [2.75, 3.05) is 0 Å². The van der Waals surface area contributed by atoms with E-state index in [9.17, 15) is 4.89 Å². The molecule has 0 saturated carbocycles. The van der Waals surface area contributed by atoms with E-state index in [-0.39, 0.29) is 0 Å². The van der Waals surface area contributed by atoms with E-state index in [0.29, 0.717) is 5.75 Å². The average Bonchev–Trinajstić information content (AvgIpc) is 3.01. The highest BCUT2D eigenvalue weighted by atomic mass is 33.1. The van der Waals surface area contributed by atoms with Gasteiger partial charge < -0.3 is 33.9 Å². The molecule has 0 aliphatic carbocycles. The molecule has 0 bridgehead atoms. The third kappa shape index (κ3) is 27.7. The molecule has 0 aliphatic heterocycles. The summed E-state index contributed by atoms with van der Waals surface area (Å²) >= 11 is 9.95. The molecule has 0 N–H and O–H groups in total. The molecule has 0 aliphatic rings. The van der Waals surface area contributed by atoms with E-state index in [0.717, 1.165) is 19.3 Å². The van der Waals surface area contributed by atoms with Gasteiger partial charge in [-0.05, 0) is 37.3 Å². The Kier molecular flexibility index (Phi) is 30.1. The Morgan fingerprint density at radius 1 is 0.467 bits per heavy atom. The first-order chi connectivity index (χ1) is 22.0. The fourth-order valence-corrected chi connectivity index (χ4v) is 7.59. The van der Waals surface area contributed by atoms with Crippen molar-refractivity contribution in [3.63, 3.8) is 0 Å². The van der Waals surface area contributed by atoms with Crippen molar-refractivity contribution in [2.45, 2.75) is 219 Å². The van der Waals surface area contributed by atoms with Crippen LogP contribution in [0, 0.1) is 0 Å². The van der Waals surface area contributed by atoms with Gasteiger partial charge in [-0.15, -0.1) is 6.12 Å². The lowest BCUT2D eigenvalue weighted by Crippen LogP contribution is -2.11. The van der Waals surface area contributed by atoms with Gasteiger partial charge in [-0.3, -0.25) is 0 Å². The summed E-state index contributed by atoms with van der Waals surface area (Å²) in [7, 11) is 0. The summed E-state index contributed by atoms with van der Waals surface area (Å²) in [5.74, 6) is 0.673. The predicted molar refractivity (Wildman–Crippen MR) is 206 cm³/mol. The van der Waals surface area contributed by atoms with Gasteiger partial charge >= 0.3 is 0 Å². The molecule has 1 rings (SSSR count).